The van der Waals surface area contributed by atoms with Gasteiger partial charge < -0.3 is 9.47 Å². The van der Waals surface area contributed by atoms with E-state index in [-0.39, 0.29) is 11.1 Å². The maximum Gasteiger partial charge on any atom is 0.362 e. The van der Waals surface area contributed by atoms with Crippen molar-refractivity contribution >= 4 is 16.9 Å². The van der Waals surface area contributed by atoms with Gasteiger partial charge in [0.2, 0.25) is 0 Å². The molecule has 0 unspecified atom stereocenters. The zero-order valence-corrected chi connectivity index (χ0v) is 14.7. The zero-order valence-electron chi connectivity index (χ0n) is 14.7. The molecule has 3 rings (SSSR count). The third-order valence-electron chi connectivity index (χ3n) is 3.90. The number of hydrogen-bond donors (Lipinski definition) is 0. The van der Waals surface area contributed by atoms with Gasteiger partial charge in [0.15, 0.2) is 0 Å². The molecule has 3 aromatic rings. The van der Waals surface area contributed by atoms with Crippen molar-refractivity contribution in [1.82, 2.24) is 9.97 Å². The fourth-order valence-corrected chi connectivity index (χ4v) is 2.54. The maximum atomic E-state index is 12.6. The minimum atomic E-state index is -0.499. The van der Waals surface area contributed by atoms with Gasteiger partial charge in [0.25, 0.3) is 0 Å². The molecule has 25 heavy (non-hydrogen) atoms. The minimum absolute atomic E-state index is 0.203. The second-order valence-corrected chi connectivity index (χ2v) is 6.77. The van der Waals surface area contributed by atoms with Gasteiger partial charge in [0, 0.05) is 17.1 Å². The van der Waals surface area contributed by atoms with E-state index in [1.54, 1.807) is 37.7 Å². The Hall–Kier alpha value is -2.95. The van der Waals surface area contributed by atoms with Gasteiger partial charge in [-0.3, -0.25) is 4.98 Å². The van der Waals surface area contributed by atoms with Gasteiger partial charge in [-0.1, -0.05) is 26.8 Å². The number of pyridine rings is 2. The summed E-state index contributed by atoms with van der Waals surface area (Å²) in [5, 5.41) is 0.923. The molecular weight excluding hydrogens is 316 g/mol. The molecule has 2 heterocycles. The molecule has 0 saturated heterocycles. The van der Waals surface area contributed by atoms with Crippen LogP contribution in [0.1, 0.15) is 36.8 Å². The molecule has 5 heteroatoms. The predicted molar refractivity (Wildman–Crippen MR) is 96.2 cm³/mol. The maximum absolute atomic E-state index is 12.6. The number of aromatic nitrogens is 2. The van der Waals surface area contributed by atoms with Crippen molar-refractivity contribution < 1.29 is 14.3 Å². The van der Waals surface area contributed by atoms with Gasteiger partial charge in [0.05, 0.1) is 18.8 Å². The summed E-state index contributed by atoms with van der Waals surface area (Å²) < 4.78 is 10.9. The molecule has 2 aromatic heterocycles. The number of nitrogens with zero attached hydrogens (tertiary/aromatic N) is 2. The molecule has 0 radical (unpaired) electrons. The smallest absolute Gasteiger partial charge is 0.362 e. The molecule has 0 bridgehead atoms. The Morgan fingerprint density at radius 2 is 1.88 bits per heavy atom. The fourth-order valence-electron chi connectivity index (χ4n) is 2.54. The largest absolute Gasteiger partial charge is 0.497 e. The highest BCUT2D eigenvalue weighted by molar-refractivity contribution is 5.92. The van der Waals surface area contributed by atoms with Crippen molar-refractivity contribution in [2.75, 3.05) is 7.11 Å². The highest BCUT2D eigenvalue weighted by atomic mass is 16.5. The van der Waals surface area contributed by atoms with Crippen LogP contribution in [0.5, 0.6) is 11.5 Å². The molecule has 5 nitrogen and oxygen atoms in total. The summed E-state index contributed by atoms with van der Waals surface area (Å²) in [4.78, 5) is 20.9. The number of rotatable bonds is 3. The SMILES string of the molecule is COc1ccc(OC(=O)c2ccc3ccncc3n2)c(C(C)(C)C)c1. The molecule has 0 saturated carbocycles. The number of methoxy groups -OCH3 is 1. The van der Waals surface area contributed by atoms with Crippen LogP contribution in [-0.2, 0) is 5.41 Å². The molecular formula is C20H20N2O3. The van der Waals surface area contributed by atoms with Gasteiger partial charge in [-0.05, 0) is 35.7 Å². The Morgan fingerprint density at radius 1 is 1.08 bits per heavy atom. The van der Waals surface area contributed by atoms with E-state index in [1.807, 2.05) is 18.2 Å². The molecule has 0 fully saturated rings. The van der Waals surface area contributed by atoms with E-state index in [0.29, 0.717) is 11.3 Å². The van der Waals surface area contributed by atoms with E-state index in [4.69, 9.17) is 9.47 Å². The number of fused-ring (bicyclic) bond motifs is 1. The third-order valence-corrected chi connectivity index (χ3v) is 3.90. The minimum Gasteiger partial charge on any atom is -0.497 e. The van der Waals surface area contributed by atoms with Crippen LogP contribution in [0.4, 0.5) is 0 Å². The first-order valence-electron chi connectivity index (χ1n) is 8.00. The molecule has 0 aliphatic heterocycles. The topological polar surface area (TPSA) is 61.3 Å². The number of benzene rings is 1. The van der Waals surface area contributed by atoms with Crippen LogP contribution in [0.15, 0.2) is 48.8 Å². The van der Waals surface area contributed by atoms with Gasteiger partial charge >= 0.3 is 5.97 Å². The number of carbonyl (C=O) groups excluding carboxylic acids is 1. The Morgan fingerprint density at radius 3 is 2.60 bits per heavy atom. The third kappa shape index (κ3) is 3.60. The number of esters is 1. The Balaban J connectivity index is 1.94. The summed E-state index contributed by atoms with van der Waals surface area (Å²) in [6.45, 7) is 6.16. The monoisotopic (exact) mass is 336 g/mol. The van der Waals surface area contributed by atoms with Crippen LogP contribution in [0.3, 0.4) is 0 Å². The number of carbonyl (C=O) groups is 1. The highest BCUT2D eigenvalue weighted by Gasteiger charge is 2.22. The standard InChI is InChI=1S/C20H20N2O3/c1-20(2,3)15-11-14(24-4)6-8-18(15)25-19(23)16-7-5-13-9-10-21-12-17(13)22-16/h5-12H,1-4H3. The zero-order chi connectivity index (χ0) is 18.0. The van der Waals surface area contributed by atoms with Gasteiger partial charge in [0.1, 0.15) is 17.2 Å². The molecule has 0 N–H and O–H groups in total. The lowest BCUT2D eigenvalue weighted by Crippen LogP contribution is -2.17. The average Bonchev–Trinajstić information content (AvgIpc) is 2.60. The first-order chi connectivity index (χ1) is 11.9. The van der Waals surface area contributed by atoms with Crippen molar-refractivity contribution in [2.45, 2.75) is 26.2 Å². The second-order valence-electron chi connectivity index (χ2n) is 6.77. The summed E-state index contributed by atoms with van der Waals surface area (Å²) in [5.41, 5.74) is 1.59. The normalized spacial score (nSPS) is 11.4. The Kier molecular flexibility index (Phi) is 4.40. The summed E-state index contributed by atoms with van der Waals surface area (Å²) in [6, 6.07) is 10.7. The van der Waals surface area contributed by atoms with E-state index in [1.165, 1.54) is 0 Å². The van der Waals surface area contributed by atoms with Gasteiger partial charge in [-0.15, -0.1) is 0 Å². The van der Waals surface area contributed by atoms with Crippen LogP contribution in [0.2, 0.25) is 0 Å². The second kappa shape index (κ2) is 6.51. The van der Waals surface area contributed by atoms with Crippen molar-refractivity contribution in [2.24, 2.45) is 0 Å². The number of ether oxygens (including phenoxy) is 2. The summed E-state index contributed by atoms with van der Waals surface area (Å²) in [7, 11) is 1.61. The van der Waals surface area contributed by atoms with E-state index >= 15 is 0 Å². The van der Waals surface area contributed by atoms with E-state index < -0.39 is 5.97 Å². The quantitative estimate of drug-likeness (QED) is 0.531. The van der Waals surface area contributed by atoms with Crippen molar-refractivity contribution in [3.8, 4) is 11.5 Å². The summed E-state index contributed by atoms with van der Waals surface area (Å²) in [5.74, 6) is 0.729. The first kappa shape index (κ1) is 16.9. The fraction of sp³-hybridized carbons (Fsp3) is 0.250. The van der Waals surface area contributed by atoms with Gasteiger partial charge in [-0.2, -0.15) is 0 Å². The predicted octanol–water partition coefficient (Wildman–Crippen LogP) is 4.16. The first-order valence-corrected chi connectivity index (χ1v) is 8.00. The van der Waals surface area contributed by atoms with E-state index in [9.17, 15) is 4.79 Å². The lowest BCUT2D eigenvalue weighted by molar-refractivity contribution is 0.0726. The molecule has 0 atom stereocenters. The lowest BCUT2D eigenvalue weighted by atomic mass is 9.86. The Labute approximate surface area is 146 Å². The molecule has 0 aliphatic carbocycles. The van der Waals surface area contributed by atoms with Crippen molar-refractivity contribution in [3.05, 3.63) is 60.0 Å². The molecule has 128 valence electrons. The number of hydrogen-bond acceptors (Lipinski definition) is 5. The van der Waals surface area contributed by atoms with Crippen LogP contribution in [-0.4, -0.2) is 23.0 Å². The lowest BCUT2D eigenvalue weighted by Gasteiger charge is -2.22. The van der Waals surface area contributed by atoms with Crippen LogP contribution in [0, 0.1) is 0 Å². The van der Waals surface area contributed by atoms with E-state index in [0.717, 1.165) is 16.7 Å². The Bertz CT molecular complexity index is 930. The molecule has 0 amide bonds. The summed E-state index contributed by atoms with van der Waals surface area (Å²) >= 11 is 0. The van der Waals surface area contributed by atoms with Crippen molar-refractivity contribution in [3.63, 3.8) is 0 Å². The molecule has 1 aromatic carbocycles. The van der Waals surface area contributed by atoms with Gasteiger partial charge in [-0.25, -0.2) is 9.78 Å². The van der Waals surface area contributed by atoms with Crippen LogP contribution in [0.25, 0.3) is 10.9 Å². The average molecular weight is 336 g/mol. The van der Waals surface area contributed by atoms with Crippen LogP contribution < -0.4 is 9.47 Å². The van der Waals surface area contributed by atoms with Crippen LogP contribution >= 0.6 is 0 Å². The molecule has 0 spiro atoms. The van der Waals surface area contributed by atoms with E-state index in [2.05, 4.69) is 30.7 Å². The van der Waals surface area contributed by atoms with Crippen molar-refractivity contribution in [1.29, 1.82) is 0 Å². The molecule has 0 aliphatic rings. The summed E-state index contributed by atoms with van der Waals surface area (Å²) in [6.07, 6.45) is 3.31. The highest BCUT2D eigenvalue weighted by Crippen LogP contribution is 2.34.